The van der Waals surface area contributed by atoms with Gasteiger partial charge in [0.2, 0.25) is 5.91 Å². The number of H-pyrrole nitrogens is 1. The lowest BCUT2D eigenvalue weighted by Crippen LogP contribution is -2.18. The van der Waals surface area contributed by atoms with Crippen LogP contribution in [0, 0.1) is 13.8 Å². The largest absolute Gasteiger partial charge is 0.368 e. The maximum Gasteiger partial charge on any atom is 0.267 e. The van der Waals surface area contributed by atoms with Crippen LogP contribution in [0.3, 0.4) is 0 Å². The first-order valence-electron chi connectivity index (χ1n) is 8.70. The maximum absolute atomic E-state index is 12.7. The molecular formula is C18H18N8O2S. The summed E-state index contributed by atoms with van der Waals surface area (Å²) < 4.78 is 1.45. The predicted octanol–water partition coefficient (Wildman–Crippen LogP) is 2.31. The minimum Gasteiger partial charge on any atom is -0.368 e. The predicted molar refractivity (Wildman–Crippen MR) is 110 cm³/mol. The molecule has 4 aromatic rings. The zero-order valence-electron chi connectivity index (χ0n) is 15.7. The number of carbonyl (C=O) groups excluding carboxylic acids is 2. The number of anilines is 3. The van der Waals surface area contributed by atoms with E-state index in [1.54, 1.807) is 12.4 Å². The van der Waals surface area contributed by atoms with Crippen LogP contribution in [0.15, 0.2) is 30.7 Å². The highest BCUT2D eigenvalue weighted by molar-refractivity contribution is 7.17. The minimum atomic E-state index is -0.477. The summed E-state index contributed by atoms with van der Waals surface area (Å²) in [5.41, 5.74) is 8.52. The third kappa shape index (κ3) is 3.80. The molecule has 3 aromatic heterocycles. The van der Waals surface area contributed by atoms with Gasteiger partial charge in [-0.3, -0.25) is 19.4 Å². The number of aromatic nitrogens is 5. The van der Waals surface area contributed by atoms with E-state index in [-0.39, 0.29) is 12.5 Å². The van der Waals surface area contributed by atoms with E-state index in [0.29, 0.717) is 21.5 Å². The van der Waals surface area contributed by atoms with E-state index < -0.39 is 5.91 Å². The third-order valence-corrected chi connectivity index (χ3v) is 5.20. The highest BCUT2D eigenvalue weighted by Crippen LogP contribution is 2.28. The second kappa shape index (κ2) is 7.36. The molecule has 2 amide bonds. The molecule has 0 saturated heterocycles. The Morgan fingerprint density at radius 3 is 2.86 bits per heavy atom. The lowest BCUT2D eigenvalue weighted by atomic mass is 10.1. The minimum absolute atomic E-state index is 0.00699. The first-order chi connectivity index (χ1) is 13.9. The van der Waals surface area contributed by atoms with Crippen molar-refractivity contribution in [3.05, 3.63) is 46.7 Å². The Morgan fingerprint density at radius 1 is 1.24 bits per heavy atom. The number of nitrogens with one attached hydrogen (secondary N) is 3. The van der Waals surface area contributed by atoms with Crippen molar-refractivity contribution in [2.45, 2.75) is 20.4 Å². The summed E-state index contributed by atoms with van der Waals surface area (Å²) in [6, 6.07) is 3.84. The number of benzene rings is 1. The number of aromatic amines is 1. The Balaban J connectivity index is 1.51. The zero-order valence-corrected chi connectivity index (χ0v) is 16.5. The molecule has 1 aromatic carbocycles. The number of primary amides is 1. The van der Waals surface area contributed by atoms with Crippen LogP contribution in [-0.2, 0) is 11.3 Å². The number of nitrogens with zero attached hydrogens (tertiary/aromatic N) is 4. The van der Waals surface area contributed by atoms with Gasteiger partial charge < -0.3 is 16.4 Å². The van der Waals surface area contributed by atoms with Crippen molar-refractivity contribution in [2.75, 3.05) is 10.6 Å². The van der Waals surface area contributed by atoms with Crippen molar-refractivity contribution in [1.29, 1.82) is 0 Å². The fourth-order valence-corrected chi connectivity index (χ4v) is 3.60. The van der Waals surface area contributed by atoms with Crippen LogP contribution >= 0.6 is 11.3 Å². The molecule has 0 aliphatic heterocycles. The lowest BCUT2D eigenvalue weighted by molar-refractivity contribution is -0.118. The molecule has 0 atom stereocenters. The first-order valence-corrected chi connectivity index (χ1v) is 9.51. The molecule has 0 fully saturated rings. The highest BCUT2D eigenvalue weighted by Gasteiger charge is 2.16. The summed E-state index contributed by atoms with van der Waals surface area (Å²) in [7, 11) is 0. The van der Waals surface area contributed by atoms with Gasteiger partial charge in [0.25, 0.3) is 5.91 Å². The molecule has 11 heteroatoms. The van der Waals surface area contributed by atoms with Gasteiger partial charge in [0.1, 0.15) is 11.4 Å². The fourth-order valence-electron chi connectivity index (χ4n) is 2.89. The number of carbonyl (C=O) groups is 2. The number of amides is 2. The van der Waals surface area contributed by atoms with E-state index >= 15 is 0 Å². The second-order valence-electron chi connectivity index (χ2n) is 6.52. The maximum atomic E-state index is 12.7. The van der Waals surface area contributed by atoms with Crippen LogP contribution in [0.4, 0.5) is 16.6 Å². The van der Waals surface area contributed by atoms with Crippen LogP contribution in [0.25, 0.3) is 10.9 Å². The molecule has 29 heavy (non-hydrogen) atoms. The molecule has 5 N–H and O–H groups in total. The lowest BCUT2D eigenvalue weighted by Gasteiger charge is -2.08. The van der Waals surface area contributed by atoms with E-state index in [4.69, 9.17) is 5.73 Å². The van der Waals surface area contributed by atoms with Crippen LogP contribution < -0.4 is 16.4 Å². The van der Waals surface area contributed by atoms with E-state index in [1.807, 2.05) is 26.0 Å². The molecule has 148 valence electrons. The van der Waals surface area contributed by atoms with Gasteiger partial charge in [0.05, 0.1) is 23.6 Å². The summed E-state index contributed by atoms with van der Waals surface area (Å²) in [6.07, 6.45) is 4.90. The number of thiazole rings is 1. The molecule has 0 bridgehead atoms. The van der Waals surface area contributed by atoms with Crippen molar-refractivity contribution in [3.8, 4) is 0 Å². The van der Waals surface area contributed by atoms with Gasteiger partial charge in [-0.25, -0.2) is 4.98 Å². The summed E-state index contributed by atoms with van der Waals surface area (Å²) >= 11 is 1.20. The monoisotopic (exact) mass is 410 g/mol. The molecule has 0 radical (unpaired) electrons. The Morgan fingerprint density at radius 2 is 2.07 bits per heavy atom. The van der Waals surface area contributed by atoms with Gasteiger partial charge in [-0.2, -0.15) is 10.2 Å². The summed E-state index contributed by atoms with van der Waals surface area (Å²) in [5.74, 6) is -0.190. The molecule has 0 aliphatic rings. The van der Waals surface area contributed by atoms with Gasteiger partial charge in [-0.05, 0) is 25.5 Å². The Bertz CT molecular complexity index is 1220. The first kappa shape index (κ1) is 18.6. The molecular weight excluding hydrogens is 392 g/mol. The number of fused-ring (bicyclic) bond motifs is 1. The molecule has 3 heterocycles. The number of aryl methyl sites for hydroxylation is 2. The van der Waals surface area contributed by atoms with Gasteiger partial charge >= 0.3 is 0 Å². The Labute approximate surface area is 169 Å². The summed E-state index contributed by atoms with van der Waals surface area (Å²) in [4.78, 5) is 28.5. The SMILES string of the molecule is Cc1cn(CC(N)=O)nc1Nc1ncc(C(=O)Nc2c(C)ccc3[nH]ncc23)s1. The molecule has 0 spiro atoms. The average molecular weight is 410 g/mol. The molecule has 0 saturated carbocycles. The molecule has 0 aliphatic carbocycles. The summed E-state index contributed by atoms with van der Waals surface area (Å²) in [6.45, 7) is 3.77. The van der Waals surface area contributed by atoms with Crippen molar-refractivity contribution in [3.63, 3.8) is 0 Å². The number of hydrogen-bond donors (Lipinski definition) is 4. The van der Waals surface area contributed by atoms with E-state index in [0.717, 1.165) is 22.0 Å². The number of rotatable bonds is 6. The highest BCUT2D eigenvalue weighted by atomic mass is 32.1. The van der Waals surface area contributed by atoms with Crippen molar-refractivity contribution < 1.29 is 9.59 Å². The zero-order chi connectivity index (χ0) is 20.5. The van der Waals surface area contributed by atoms with Gasteiger partial charge in [-0.1, -0.05) is 17.4 Å². The fraction of sp³-hybridized carbons (Fsp3) is 0.167. The van der Waals surface area contributed by atoms with Crippen molar-refractivity contribution in [2.24, 2.45) is 5.73 Å². The van der Waals surface area contributed by atoms with Crippen molar-refractivity contribution >= 4 is 50.7 Å². The normalized spacial score (nSPS) is 11.0. The van der Waals surface area contributed by atoms with Crippen LogP contribution in [-0.4, -0.2) is 36.8 Å². The van der Waals surface area contributed by atoms with E-state index in [2.05, 4.69) is 30.9 Å². The molecule has 0 unspecified atom stereocenters. The van der Waals surface area contributed by atoms with E-state index in [9.17, 15) is 9.59 Å². The van der Waals surface area contributed by atoms with Gasteiger partial charge in [0, 0.05) is 17.1 Å². The molecule has 4 rings (SSSR count). The Kier molecular flexibility index (Phi) is 4.72. The van der Waals surface area contributed by atoms with Crippen molar-refractivity contribution in [1.82, 2.24) is 25.0 Å². The van der Waals surface area contributed by atoms with E-state index in [1.165, 1.54) is 22.2 Å². The van der Waals surface area contributed by atoms with Gasteiger partial charge in [0.15, 0.2) is 10.9 Å². The van der Waals surface area contributed by atoms with Gasteiger partial charge in [-0.15, -0.1) is 0 Å². The second-order valence-corrected chi connectivity index (χ2v) is 7.55. The summed E-state index contributed by atoms with van der Waals surface area (Å²) in [5, 5.41) is 18.6. The van der Waals surface area contributed by atoms with Crippen LogP contribution in [0.5, 0.6) is 0 Å². The standard InChI is InChI=1S/C18H18N8O2S/c1-9-3-4-12-11(5-21-24-12)15(9)22-17(28)13-6-20-18(29-13)23-16-10(2)7-26(25-16)8-14(19)27/h3-7H,8H2,1-2H3,(H2,19,27)(H,21,24)(H,22,28)(H,20,23,25). The Hall–Kier alpha value is -3.73. The smallest absolute Gasteiger partial charge is 0.267 e. The quantitative estimate of drug-likeness (QED) is 0.384. The average Bonchev–Trinajstić information content (AvgIpc) is 3.38. The molecule has 10 nitrogen and oxygen atoms in total. The number of nitrogens with two attached hydrogens (primary N) is 1. The number of hydrogen-bond acceptors (Lipinski definition) is 7. The van der Waals surface area contributed by atoms with Crippen LogP contribution in [0.2, 0.25) is 0 Å². The topological polar surface area (TPSA) is 144 Å². The third-order valence-electron chi connectivity index (χ3n) is 4.29. The van der Waals surface area contributed by atoms with Crippen LogP contribution in [0.1, 0.15) is 20.8 Å².